The minimum absolute atomic E-state index is 0. The third-order valence-electron chi connectivity index (χ3n) is 4.31. The van der Waals surface area contributed by atoms with Crippen molar-refractivity contribution >= 4 is 24.1 Å². The van der Waals surface area contributed by atoms with Crippen molar-refractivity contribution in [1.29, 1.82) is 0 Å². The van der Waals surface area contributed by atoms with Crippen LogP contribution in [0.4, 0.5) is 4.39 Å². The molecule has 3 rings (SSSR count). The molecule has 0 aromatic heterocycles. The van der Waals surface area contributed by atoms with Gasteiger partial charge in [-0.1, -0.05) is 12.1 Å². The van der Waals surface area contributed by atoms with E-state index in [-0.39, 0.29) is 35.7 Å². The monoisotopic (exact) mass is 378 g/mol. The van der Waals surface area contributed by atoms with Crippen molar-refractivity contribution in [3.05, 3.63) is 59.4 Å². The molecule has 2 aromatic carbocycles. The molecule has 26 heavy (non-hydrogen) atoms. The molecular weight excluding hydrogens is 359 g/mol. The van der Waals surface area contributed by atoms with Crippen LogP contribution in [0.25, 0.3) is 11.1 Å². The lowest BCUT2D eigenvalue weighted by Gasteiger charge is -2.16. The summed E-state index contributed by atoms with van der Waals surface area (Å²) in [6.07, 6.45) is -0.628. The summed E-state index contributed by atoms with van der Waals surface area (Å²) in [5, 5.41) is 15.5. The number of aliphatic hydroxyl groups is 1. The molecule has 0 radical (unpaired) electrons. The summed E-state index contributed by atoms with van der Waals surface area (Å²) >= 11 is 0. The fraction of sp³-hybridized carbons (Fsp3) is 0.263. The largest absolute Gasteiger partial charge is 0.390 e. The Labute approximate surface area is 157 Å². The second kappa shape index (κ2) is 8.40. The van der Waals surface area contributed by atoms with Crippen LogP contribution < -0.4 is 10.6 Å². The minimum atomic E-state index is -0.628. The molecule has 1 aliphatic rings. The predicted octanol–water partition coefficient (Wildman–Crippen LogP) is 2.18. The standard InChI is InChI=1S/C19H19FN2O3.ClH/c1-11(23)12-5-6-16(20)15(8-12)13-3-2-4-14(7-13)19(25)22-17-9-21-10-18(17)24;/h2-8,17-18,21,24H,9-10H2,1H3,(H,22,25);1H/t17-,18-;/m1./s1. The number of nitrogens with one attached hydrogen (secondary N) is 2. The van der Waals surface area contributed by atoms with Gasteiger partial charge in [0, 0.05) is 29.8 Å². The van der Waals surface area contributed by atoms with Crippen LogP contribution in [-0.2, 0) is 0 Å². The molecule has 0 spiro atoms. The zero-order valence-corrected chi connectivity index (χ0v) is 15.0. The van der Waals surface area contributed by atoms with E-state index in [2.05, 4.69) is 10.6 Å². The van der Waals surface area contributed by atoms with Crippen molar-refractivity contribution in [2.45, 2.75) is 19.1 Å². The zero-order chi connectivity index (χ0) is 18.0. The SMILES string of the molecule is CC(=O)c1ccc(F)c(-c2cccc(C(=O)N[C@@H]3CNC[C@H]3O)c2)c1.Cl. The van der Waals surface area contributed by atoms with Crippen molar-refractivity contribution in [3.63, 3.8) is 0 Å². The van der Waals surface area contributed by atoms with Gasteiger partial charge in [0.05, 0.1) is 12.1 Å². The fourth-order valence-corrected chi connectivity index (χ4v) is 2.86. The summed E-state index contributed by atoms with van der Waals surface area (Å²) in [5.74, 6) is -0.950. The van der Waals surface area contributed by atoms with E-state index in [1.54, 1.807) is 24.3 Å². The van der Waals surface area contributed by atoms with Crippen molar-refractivity contribution in [2.24, 2.45) is 0 Å². The van der Waals surface area contributed by atoms with E-state index in [4.69, 9.17) is 0 Å². The predicted molar refractivity (Wildman–Crippen MR) is 99.2 cm³/mol. The van der Waals surface area contributed by atoms with E-state index in [0.717, 1.165) is 0 Å². The normalized spacial score (nSPS) is 18.9. The average Bonchev–Trinajstić information content (AvgIpc) is 3.00. The smallest absolute Gasteiger partial charge is 0.251 e. The molecule has 0 saturated carbocycles. The summed E-state index contributed by atoms with van der Waals surface area (Å²) in [6.45, 7) is 2.36. The van der Waals surface area contributed by atoms with Gasteiger partial charge >= 0.3 is 0 Å². The lowest BCUT2D eigenvalue weighted by molar-refractivity contribution is 0.0888. The third kappa shape index (κ3) is 4.27. The van der Waals surface area contributed by atoms with Gasteiger partial charge in [-0.05, 0) is 42.8 Å². The number of ketones is 1. The maximum atomic E-state index is 14.2. The maximum Gasteiger partial charge on any atom is 0.251 e. The van der Waals surface area contributed by atoms with E-state index in [1.807, 2.05) is 0 Å². The molecule has 2 aromatic rings. The molecular formula is C19H20ClFN2O3. The van der Waals surface area contributed by atoms with Crippen molar-refractivity contribution in [1.82, 2.24) is 10.6 Å². The topological polar surface area (TPSA) is 78.4 Å². The van der Waals surface area contributed by atoms with Gasteiger partial charge in [0.1, 0.15) is 5.82 Å². The first-order valence-electron chi connectivity index (χ1n) is 8.06. The number of halogens is 2. The first-order chi connectivity index (χ1) is 12.0. The average molecular weight is 379 g/mol. The molecule has 1 amide bonds. The van der Waals surface area contributed by atoms with Crippen LogP contribution >= 0.6 is 12.4 Å². The number of benzene rings is 2. The van der Waals surface area contributed by atoms with E-state index in [1.165, 1.54) is 25.1 Å². The van der Waals surface area contributed by atoms with Crippen molar-refractivity contribution < 1.29 is 19.1 Å². The van der Waals surface area contributed by atoms with Gasteiger partial charge in [-0.15, -0.1) is 12.4 Å². The number of rotatable bonds is 4. The maximum absolute atomic E-state index is 14.2. The van der Waals surface area contributed by atoms with Crippen LogP contribution in [0.5, 0.6) is 0 Å². The number of β-amino-alcohol motifs (C(OH)–C–C–N with tert-alkyl or cyclic N) is 1. The number of aliphatic hydroxyl groups excluding tert-OH is 1. The van der Waals surface area contributed by atoms with Crippen LogP contribution in [0.15, 0.2) is 42.5 Å². The van der Waals surface area contributed by atoms with Gasteiger partial charge in [0.25, 0.3) is 5.91 Å². The van der Waals surface area contributed by atoms with E-state index in [0.29, 0.717) is 29.8 Å². The van der Waals surface area contributed by atoms with Crippen LogP contribution in [0.1, 0.15) is 27.6 Å². The highest BCUT2D eigenvalue weighted by Gasteiger charge is 2.26. The molecule has 7 heteroatoms. The number of hydrogen-bond donors (Lipinski definition) is 3. The lowest BCUT2D eigenvalue weighted by Crippen LogP contribution is -2.42. The van der Waals surface area contributed by atoms with Gasteiger partial charge in [0.15, 0.2) is 5.78 Å². The Morgan fingerprint density at radius 2 is 1.92 bits per heavy atom. The van der Waals surface area contributed by atoms with Gasteiger partial charge in [-0.25, -0.2) is 4.39 Å². The Kier molecular flexibility index (Phi) is 6.47. The summed E-state index contributed by atoms with van der Waals surface area (Å²) in [6, 6.07) is 10.4. The summed E-state index contributed by atoms with van der Waals surface area (Å²) < 4.78 is 14.2. The van der Waals surface area contributed by atoms with E-state index >= 15 is 0 Å². The number of carbonyl (C=O) groups is 2. The van der Waals surface area contributed by atoms with Crippen LogP contribution in [0.2, 0.25) is 0 Å². The Hall–Kier alpha value is -2.28. The second-order valence-corrected chi connectivity index (χ2v) is 6.14. The highest BCUT2D eigenvalue weighted by Crippen LogP contribution is 2.25. The third-order valence-corrected chi connectivity index (χ3v) is 4.31. The molecule has 0 aliphatic carbocycles. The van der Waals surface area contributed by atoms with Gasteiger partial charge in [-0.3, -0.25) is 9.59 Å². The highest BCUT2D eigenvalue weighted by molar-refractivity contribution is 5.97. The quantitative estimate of drug-likeness (QED) is 0.712. The van der Waals surface area contributed by atoms with Crippen LogP contribution in [-0.4, -0.2) is 42.0 Å². The Morgan fingerprint density at radius 1 is 1.15 bits per heavy atom. The Bertz CT molecular complexity index is 828. The number of carbonyl (C=O) groups excluding carboxylic acids is 2. The first-order valence-corrected chi connectivity index (χ1v) is 8.06. The van der Waals surface area contributed by atoms with Gasteiger partial charge in [-0.2, -0.15) is 0 Å². The van der Waals surface area contributed by atoms with Crippen molar-refractivity contribution in [3.8, 4) is 11.1 Å². The van der Waals surface area contributed by atoms with E-state index in [9.17, 15) is 19.1 Å². The molecule has 3 N–H and O–H groups in total. The summed E-state index contributed by atoms with van der Waals surface area (Å²) in [4.78, 5) is 23.9. The van der Waals surface area contributed by atoms with Gasteiger partial charge < -0.3 is 15.7 Å². The molecule has 1 heterocycles. The highest BCUT2D eigenvalue weighted by atomic mass is 35.5. The summed E-state index contributed by atoms with van der Waals surface area (Å²) in [7, 11) is 0. The number of Topliss-reactive ketones (excluding diaryl/α,β-unsaturated/α-hetero) is 1. The fourth-order valence-electron chi connectivity index (χ4n) is 2.86. The molecule has 0 unspecified atom stereocenters. The van der Waals surface area contributed by atoms with E-state index < -0.39 is 11.9 Å². The second-order valence-electron chi connectivity index (χ2n) is 6.14. The molecule has 1 aliphatic heterocycles. The van der Waals surface area contributed by atoms with Crippen LogP contribution in [0.3, 0.4) is 0 Å². The summed E-state index contributed by atoms with van der Waals surface area (Å²) in [5.41, 5.74) is 1.55. The Morgan fingerprint density at radius 3 is 2.58 bits per heavy atom. The molecule has 0 bridgehead atoms. The Balaban J connectivity index is 0.00000243. The number of amides is 1. The van der Waals surface area contributed by atoms with Crippen molar-refractivity contribution in [2.75, 3.05) is 13.1 Å². The lowest BCUT2D eigenvalue weighted by atomic mass is 9.99. The first kappa shape index (κ1) is 20.0. The molecule has 2 atom stereocenters. The molecule has 138 valence electrons. The van der Waals surface area contributed by atoms with Gasteiger partial charge in [0.2, 0.25) is 0 Å². The van der Waals surface area contributed by atoms with Crippen LogP contribution in [0, 0.1) is 5.82 Å². The molecule has 5 nitrogen and oxygen atoms in total. The molecule has 1 saturated heterocycles. The molecule has 1 fully saturated rings. The number of hydrogen-bond acceptors (Lipinski definition) is 4. The minimum Gasteiger partial charge on any atom is -0.390 e. The zero-order valence-electron chi connectivity index (χ0n) is 14.2.